The summed E-state index contributed by atoms with van der Waals surface area (Å²) >= 11 is 5.65. The highest BCUT2D eigenvalue weighted by Crippen LogP contribution is 2.37. The van der Waals surface area contributed by atoms with E-state index in [1.54, 1.807) is 7.05 Å². The average molecular weight is 276 g/mol. The van der Waals surface area contributed by atoms with E-state index in [-0.39, 0.29) is 5.02 Å². The van der Waals surface area contributed by atoms with Crippen LogP contribution in [-0.2, 0) is 13.2 Å². The highest BCUT2D eigenvalue weighted by Gasteiger charge is 2.33. The van der Waals surface area contributed by atoms with Crippen molar-refractivity contribution in [2.45, 2.75) is 6.18 Å². The van der Waals surface area contributed by atoms with Gasteiger partial charge in [0.15, 0.2) is 0 Å². The molecule has 1 aromatic heterocycles. The van der Waals surface area contributed by atoms with Gasteiger partial charge in [-0.1, -0.05) is 17.7 Å². The van der Waals surface area contributed by atoms with E-state index < -0.39 is 11.7 Å². The van der Waals surface area contributed by atoms with Gasteiger partial charge in [-0.2, -0.15) is 18.3 Å². The lowest BCUT2D eigenvalue weighted by molar-refractivity contribution is -0.137. The monoisotopic (exact) mass is 275 g/mol. The average Bonchev–Trinajstić information content (AvgIpc) is 2.56. The van der Waals surface area contributed by atoms with Crippen LogP contribution in [0.2, 0.25) is 5.02 Å². The van der Waals surface area contributed by atoms with Crippen molar-refractivity contribution < 1.29 is 13.2 Å². The largest absolute Gasteiger partial charge is 0.417 e. The van der Waals surface area contributed by atoms with Gasteiger partial charge in [0.1, 0.15) is 0 Å². The third-order valence-electron chi connectivity index (χ3n) is 2.51. The lowest BCUT2D eigenvalue weighted by atomic mass is 10.1. The van der Waals surface area contributed by atoms with Crippen LogP contribution in [0.25, 0.3) is 11.3 Å². The second-order valence-electron chi connectivity index (χ2n) is 3.76. The fraction of sp³-hybridized carbons (Fsp3) is 0.182. The van der Waals surface area contributed by atoms with E-state index in [2.05, 4.69) is 5.10 Å². The maximum Gasteiger partial charge on any atom is 0.417 e. The van der Waals surface area contributed by atoms with Gasteiger partial charge in [-0.05, 0) is 12.1 Å². The van der Waals surface area contributed by atoms with Gasteiger partial charge >= 0.3 is 6.18 Å². The molecule has 1 heterocycles. The molecule has 0 spiro atoms. The molecule has 96 valence electrons. The minimum absolute atomic E-state index is 0.361. The van der Waals surface area contributed by atoms with Crippen LogP contribution in [-0.4, -0.2) is 9.78 Å². The predicted octanol–water partition coefficient (Wildman–Crippen LogP) is 3.34. The molecular formula is C11H9ClF3N3. The smallest absolute Gasteiger partial charge is 0.396 e. The number of nitrogens with two attached hydrogens (primary N) is 1. The van der Waals surface area contributed by atoms with Crippen molar-refractivity contribution in [3.05, 3.63) is 35.0 Å². The third kappa shape index (κ3) is 2.15. The zero-order chi connectivity index (χ0) is 13.5. The van der Waals surface area contributed by atoms with Gasteiger partial charge in [-0.25, -0.2) is 0 Å². The maximum absolute atomic E-state index is 12.6. The zero-order valence-electron chi connectivity index (χ0n) is 9.29. The standard InChI is InChI=1S/C11H9ClF3N3/c1-18-10(9(16)5-17-18)6-2-3-7(8(12)4-6)11(13,14)15/h2-5H,16H2,1H3. The summed E-state index contributed by atoms with van der Waals surface area (Å²) in [7, 11) is 1.65. The number of rotatable bonds is 1. The van der Waals surface area contributed by atoms with E-state index in [4.69, 9.17) is 17.3 Å². The van der Waals surface area contributed by atoms with Crippen molar-refractivity contribution in [3.8, 4) is 11.3 Å². The summed E-state index contributed by atoms with van der Waals surface area (Å²) in [5.41, 5.74) is 6.24. The normalized spacial score (nSPS) is 11.8. The second kappa shape index (κ2) is 4.20. The molecule has 2 N–H and O–H groups in total. The van der Waals surface area contributed by atoms with E-state index >= 15 is 0 Å². The lowest BCUT2D eigenvalue weighted by Crippen LogP contribution is -2.06. The van der Waals surface area contributed by atoms with Crippen LogP contribution in [0.3, 0.4) is 0 Å². The molecule has 0 bridgehead atoms. The molecule has 3 nitrogen and oxygen atoms in total. The molecule has 0 aliphatic carbocycles. The van der Waals surface area contributed by atoms with Crippen LogP contribution in [0.15, 0.2) is 24.4 Å². The van der Waals surface area contributed by atoms with Crippen molar-refractivity contribution in [2.24, 2.45) is 7.05 Å². The number of halogens is 4. The van der Waals surface area contributed by atoms with Crippen molar-refractivity contribution in [2.75, 3.05) is 5.73 Å². The SMILES string of the molecule is Cn1ncc(N)c1-c1ccc(C(F)(F)F)c(Cl)c1. The molecule has 0 aliphatic heterocycles. The van der Waals surface area contributed by atoms with Crippen molar-refractivity contribution >= 4 is 17.3 Å². The Labute approximate surface area is 106 Å². The highest BCUT2D eigenvalue weighted by molar-refractivity contribution is 6.31. The molecule has 0 saturated carbocycles. The molecule has 0 radical (unpaired) electrons. The van der Waals surface area contributed by atoms with Crippen LogP contribution in [0.1, 0.15) is 5.56 Å². The summed E-state index contributed by atoms with van der Waals surface area (Å²) in [5, 5.41) is 3.56. The molecule has 18 heavy (non-hydrogen) atoms. The first-order valence-corrected chi connectivity index (χ1v) is 5.33. The first-order chi connectivity index (χ1) is 8.30. The van der Waals surface area contributed by atoms with Gasteiger partial charge < -0.3 is 5.73 Å². The predicted molar refractivity (Wildman–Crippen MR) is 63.1 cm³/mol. The minimum Gasteiger partial charge on any atom is -0.396 e. The number of alkyl halides is 3. The Bertz CT molecular complexity index is 570. The van der Waals surface area contributed by atoms with E-state index in [9.17, 15) is 13.2 Å². The summed E-state index contributed by atoms with van der Waals surface area (Å²) in [6, 6.07) is 3.49. The molecule has 0 unspecified atom stereocenters. The molecule has 0 fully saturated rings. The van der Waals surface area contributed by atoms with E-state index in [0.29, 0.717) is 16.9 Å². The maximum atomic E-state index is 12.6. The van der Waals surface area contributed by atoms with Crippen molar-refractivity contribution in [1.82, 2.24) is 9.78 Å². The zero-order valence-corrected chi connectivity index (χ0v) is 10.0. The first kappa shape index (κ1) is 12.8. The summed E-state index contributed by atoms with van der Waals surface area (Å²) < 4.78 is 39.1. The fourth-order valence-corrected chi connectivity index (χ4v) is 1.99. The Morgan fingerprint density at radius 1 is 1.33 bits per heavy atom. The molecular weight excluding hydrogens is 267 g/mol. The van der Waals surface area contributed by atoms with Gasteiger partial charge in [0, 0.05) is 12.6 Å². The number of aryl methyl sites for hydroxylation is 1. The number of benzene rings is 1. The molecule has 7 heteroatoms. The van der Waals surface area contributed by atoms with Gasteiger partial charge in [-0.3, -0.25) is 4.68 Å². The topological polar surface area (TPSA) is 43.8 Å². The molecule has 0 atom stereocenters. The fourth-order valence-electron chi connectivity index (χ4n) is 1.70. The van der Waals surface area contributed by atoms with E-state index in [0.717, 1.165) is 6.07 Å². The number of hydrogen-bond donors (Lipinski definition) is 1. The minimum atomic E-state index is -4.46. The van der Waals surface area contributed by atoms with Crippen LogP contribution < -0.4 is 5.73 Å². The Kier molecular flexibility index (Phi) is 2.98. The quantitative estimate of drug-likeness (QED) is 0.867. The van der Waals surface area contributed by atoms with Gasteiger partial charge in [0.25, 0.3) is 0 Å². The number of hydrogen-bond acceptors (Lipinski definition) is 2. The Hall–Kier alpha value is -1.69. The van der Waals surface area contributed by atoms with Gasteiger partial charge in [0.05, 0.1) is 28.2 Å². The van der Waals surface area contributed by atoms with Crippen molar-refractivity contribution in [3.63, 3.8) is 0 Å². The molecule has 0 aliphatic rings. The van der Waals surface area contributed by atoms with Crippen LogP contribution >= 0.6 is 11.6 Å². The van der Waals surface area contributed by atoms with Gasteiger partial charge in [0.2, 0.25) is 0 Å². The molecule has 1 aromatic carbocycles. The van der Waals surface area contributed by atoms with E-state index in [1.807, 2.05) is 0 Å². The van der Waals surface area contributed by atoms with Crippen LogP contribution in [0, 0.1) is 0 Å². The van der Waals surface area contributed by atoms with Crippen LogP contribution in [0.5, 0.6) is 0 Å². The molecule has 0 amide bonds. The third-order valence-corrected chi connectivity index (χ3v) is 2.83. The summed E-state index contributed by atoms with van der Waals surface area (Å²) in [5.74, 6) is 0. The Morgan fingerprint density at radius 2 is 2.00 bits per heavy atom. The second-order valence-corrected chi connectivity index (χ2v) is 4.17. The van der Waals surface area contributed by atoms with Crippen LogP contribution in [0.4, 0.5) is 18.9 Å². The number of anilines is 1. The molecule has 0 saturated heterocycles. The first-order valence-electron chi connectivity index (χ1n) is 4.95. The molecule has 2 aromatic rings. The Morgan fingerprint density at radius 3 is 2.44 bits per heavy atom. The number of nitrogens with zero attached hydrogens (tertiary/aromatic N) is 2. The lowest BCUT2D eigenvalue weighted by Gasteiger charge is -2.11. The summed E-state index contributed by atoms with van der Waals surface area (Å²) in [4.78, 5) is 0. The van der Waals surface area contributed by atoms with E-state index in [1.165, 1.54) is 23.0 Å². The molecule has 2 rings (SSSR count). The number of aromatic nitrogens is 2. The summed E-state index contributed by atoms with van der Waals surface area (Å²) in [6.07, 6.45) is -3.03. The summed E-state index contributed by atoms with van der Waals surface area (Å²) in [6.45, 7) is 0. The number of nitrogen functional groups attached to an aromatic ring is 1. The van der Waals surface area contributed by atoms with Crippen molar-refractivity contribution in [1.29, 1.82) is 0 Å². The highest BCUT2D eigenvalue weighted by atomic mass is 35.5. The van der Waals surface area contributed by atoms with Gasteiger partial charge in [-0.15, -0.1) is 0 Å². The Balaban J connectivity index is 2.54.